The lowest BCUT2D eigenvalue weighted by Gasteiger charge is -2.15. The van der Waals surface area contributed by atoms with E-state index in [1.807, 2.05) is 19.1 Å². The van der Waals surface area contributed by atoms with E-state index in [0.29, 0.717) is 12.7 Å². The van der Waals surface area contributed by atoms with E-state index in [0.717, 1.165) is 36.6 Å². The maximum absolute atomic E-state index is 5.97. The van der Waals surface area contributed by atoms with Gasteiger partial charge in [0.05, 0.1) is 6.61 Å². The molecule has 1 heterocycles. The fraction of sp³-hybridized carbons (Fsp3) is 0.571. The van der Waals surface area contributed by atoms with Crippen LogP contribution in [0.1, 0.15) is 18.9 Å². The first-order chi connectivity index (χ1) is 8.19. The summed E-state index contributed by atoms with van der Waals surface area (Å²) in [5.41, 5.74) is 1.16. The molecule has 1 aliphatic rings. The first-order valence-corrected chi connectivity index (χ1v) is 6.27. The summed E-state index contributed by atoms with van der Waals surface area (Å²) in [6, 6.07) is 6.08. The number of nitrogens with zero attached hydrogens (tertiary/aromatic N) is 1. The van der Waals surface area contributed by atoms with Crippen molar-refractivity contribution in [3.8, 4) is 11.5 Å². The van der Waals surface area contributed by atoms with Gasteiger partial charge in [0.2, 0.25) is 0 Å². The molecule has 1 aliphatic heterocycles. The van der Waals surface area contributed by atoms with Crippen LogP contribution in [0.3, 0.4) is 0 Å². The molecule has 0 N–H and O–H groups in total. The summed E-state index contributed by atoms with van der Waals surface area (Å²) >= 11 is 0. The molecule has 1 saturated heterocycles. The number of hydrogen-bond donors (Lipinski definition) is 0. The Morgan fingerprint density at radius 2 is 2.24 bits per heavy atom. The minimum atomic E-state index is 0.317. The van der Waals surface area contributed by atoms with Crippen molar-refractivity contribution in [3.63, 3.8) is 0 Å². The van der Waals surface area contributed by atoms with Gasteiger partial charge in [0.1, 0.15) is 17.6 Å². The highest BCUT2D eigenvalue weighted by Gasteiger charge is 2.21. The van der Waals surface area contributed by atoms with Crippen molar-refractivity contribution in [1.29, 1.82) is 0 Å². The van der Waals surface area contributed by atoms with E-state index in [4.69, 9.17) is 9.47 Å². The van der Waals surface area contributed by atoms with Crippen LogP contribution in [0.4, 0.5) is 0 Å². The molecule has 0 bridgehead atoms. The third kappa shape index (κ3) is 3.13. The normalized spacial score (nSPS) is 20.5. The molecule has 94 valence electrons. The van der Waals surface area contributed by atoms with E-state index in [-0.39, 0.29) is 0 Å². The molecule has 0 radical (unpaired) electrons. The predicted molar refractivity (Wildman–Crippen MR) is 68.9 cm³/mol. The van der Waals surface area contributed by atoms with Crippen LogP contribution in [0.25, 0.3) is 0 Å². The number of aryl methyl sites for hydroxylation is 1. The number of likely N-dealkylation sites (N-methyl/N-ethyl adjacent to an activating group) is 1. The fourth-order valence-electron chi connectivity index (χ4n) is 2.15. The Morgan fingerprint density at radius 1 is 1.41 bits per heavy atom. The Labute approximate surface area is 103 Å². The van der Waals surface area contributed by atoms with Gasteiger partial charge in [0.25, 0.3) is 0 Å². The molecule has 2 rings (SSSR count). The molecule has 0 aromatic heterocycles. The van der Waals surface area contributed by atoms with Crippen LogP contribution in [0.2, 0.25) is 0 Å². The quantitative estimate of drug-likeness (QED) is 0.800. The van der Waals surface area contributed by atoms with Gasteiger partial charge in [-0.3, -0.25) is 0 Å². The standard InChI is InChI=1S/C14H21NO2/c1-4-16-14-9-12(6-5-11(14)2)17-13-7-8-15(3)10-13/h5-6,9,13H,4,7-8,10H2,1-3H3. The van der Waals surface area contributed by atoms with Gasteiger partial charge in [0, 0.05) is 19.2 Å². The summed E-state index contributed by atoms with van der Waals surface area (Å²) in [6.07, 6.45) is 1.42. The van der Waals surface area contributed by atoms with E-state index >= 15 is 0 Å². The van der Waals surface area contributed by atoms with Crippen LogP contribution in [0.5, 0.6) is 11.5 Å². The van der Waals surface area contributed by atoms with Gasteiger partial charge >= 0.3 is 0 Å². The molecule has 17 heavy (non-hydrogen) atoms. The highest BCUT2D eigenvalue weighted by atomic mass is 16.5. The molecule has 1 atom stereocenters. The molecular weight excluding hydrogens is 214 g/mol. The highest BCUT2D eigenvalue weighted by Crippen LogP contribution is 2.26. The zero-order valence-corrected chi connectivity index (χ0v) is 10.9. The summed E-state index contributed by atoms with van der Waals surface area (Å²) in [5, 5.41) is 0. The Balaban J connectivity index is 2.03. The van der Waals surface area contributed by atoms with Gasteiger partial charge in [-0.1, -0.05) is 6.07 Å². The van der Waals surface area contributed by atoms with Crippen LogP contribution in [0.15, 0.2) is 18.2 Å². The van der Waals surface area contributed by atoms with Crippen LogP contribution >= 0.6 is 0 Å². The molecule has 3 heteroatoms. The average Bonchev–Trinajstić information content (AvgIpc) is 2.69. The number of benzene rings is 1. The molecule has 3 nitrogen and oxygen atoms in total. The molecule has 0 amide bonds. The molecule has 1 unspecified atom stereocenters. The van der Waals surface area contributed by atoms with Crippen LogP contribution < -0.4 is 9.47 Å². The lowest BCUT2D eigenvalue weighted by molar-refractivity contribution is 0.207. The van der Waals surface area contributed by atoms with Crippen LogP contribution in [0, 0.1) is 6.92 Å². The zero-order chi connectivity index (χ0) is 12.3. The number of ether oxygens (including phenoxy) is 2. The third-order valence-electron chi connectivity index (χ3n) is 3.11. The summed E-state index contributed by atoms with van der Waals surface area (Å²) < 4.78 is 11.5. The van der Waals surface area contributed by atoms with Gasteiger partial charge in [-0.05, 0) is 38.9 Å². The van der Waals surface area contributed by atoms with Gasteiger partial charge < -0.3 is 14.4 Å². The number of likely N-dealkylation sites (tertiary alicyclic amines) is 1. The molecule has 0 spiro atoms. The van der Waals surface area contributed by atoms with E-state index in [1.165, 1.54) is 0 Å². The minimum absolute atomic E-state index is 0.317. The van der Waals surface area contributed by atoms with Crippen molar-refractivity contribution >= 4 is 0 Å². The monoisotopic (exact) mass is 235 g/mol. The fourth-order valence-corrected chi connectivity index (χ4v) is 2.15. The van der Waals surface area contributed by atoms with Crippen molar-refractivity contribution in [2.24, 2.45) is 0 Å². The Morgan fingerprint density at radius 3 is 2.88 bits per heavy atom. The summed E-state index contributed by atoms with van der Waals surface area (Å²) in [4.78, 5) is 2.29. The lowest BCUT2D eigenvalue weighted by Crippen LogP contribution is -2.21. The molecule has 1 aromatic rings. The van der Waals surface area contributed by atoms with Crippen molar-refractivity contribution < 1.29 is 9.47 Å². The van der Waals surface area contributed by atoms with Gasteiger partial charge in [-0.25, -0.2) is 0 Å². The SMILES string of the molecule is CCOc1cc(OC2CCN(C)C2)ccc1C. The lowest BCUT2D eigenvalue weighted by atomic mass is 10.2. The summed E-state index contributed by atoms with van der Waals surface area (Å²) in [7, 11) is 2.13. The highest BCUT2D eigenvalue weighted by molar-refractivity contribution is 5.40. The molecule has 1 fully saturated rings. The number of hydrogen-bond acceptors (Lipinski definition) is 3. The largest absolute Gasteiger partial charge is 0.493 e. The van der Waals surface area contributed by atoms with E-state index < -0.39 is 0 Å². The van der Waals surface area contributed by atoms with Gasteiger partial charge in [-0.2, -0.15) is 0 Å². The van der Waals surface area contributed by atoms with E-state index in [9.17, 15) is 0 Å². The minimum Gasteiger partial charge on any atom is -0.493 e. The molecule has 0 saturated carbocycles. The first kappa shape index (κ1) is 12.2. The van der Waals surface area contributed by atoms with E-state index in [2.05, 4.69) is 24.9 Å². The summed E-state index contributed by atoms with van der Waals surface area (Å²) in [6.45, 7) is 6.88. The van der Waals surface area contributed by atoms with Crippen molar-refractivity contribution in [3.05, 3.63) is 23.8 Å². The Kier molecular flexibility index (Phi) is 3.89. The van der Waals surface area contributed by atoms with E-state index in [1.54, 1.807) is 0 Å². The van der Waals surface area contributed by atoms with Gasteiger partial charge in [0.15, 0.2) is 0 Å². The second-order valence-corrected chi connectivity index (χ2v) is 4.65. The molecular formula is C14H21NO2. The van der Waals surface area contributed by atoms with Crippen molar-refractivity contribution in [1.82, 2.24) is 4.90 Å². The first-order valence-electron chi connectivity index (χ1n) is 6.27. The average molecular weight is 235 g/mol. The predicted octanol–water partition coefficient (Wildman–Crippen LogP) is 2.48. The number of rotatable bonds is 4. The van der Waals surface area contributed by atoms with Crippen LogP contribution in [-0.4, -0.2) is 37.7 Å². The summed E-state index contributed by atoms with van der Waals surface area (Å²) in [5.74, 6) is 1.84. The smallest absolute Gasteiger partial charge is 0.125 e. The maximum Gasteiger partial charge on any atom is 0.125 e. The topological polar surface area (TPSA) is 21.7 Å². The molecule has 1 aromatic carbocycles. The maximum atomic E-state index is 5.97. The van der Waals surface area contributed by atoms with Gasteiger partial charge in [-0.15, -0.1) is 0 Å². The Hall–Kier alpha value is -1.22. The molecule has 0 aliphatic carbocycles. The van der Waals surface area contributed by atoms with Crippen molar-refractivity contribution in [2.45, 2.75) is 26.4 Å². The zero-order valence-electron chi connectivity index (χ0n) is 10.9. The van der Waals surface area contributed by atoms with Crippen LogP contribution in [-0.2, 0) is 0 Å². The Bertz CT molecular complexity index is 378. The third-order valence-corrected chi connectivity index (χ3v) is 3.11. The second kappa shape index (κ2) is 5.41. The van der Waals surface area contributed by atoms with Crippen molar-refractivity contribution in [2.75, 3.05) is 26.7 Å². The second-order valence-electron chi connectivity index (χ2n) is 4.65.